The standard InChI is InChI=1S/C30H29N3O6/c1-14-5-6-17(26-19(14)11-23(34)29(38)32-26)10-16-7-8-18(27-21(16)13-25(36)30(39)33-27)9-15-3-2-4-22-20(15)12-24(35)28(37)31-22/h2-8,23-25,34-36H,9-13H2,1H3,(H,31,37)(H,32,38)(H,33,39). The number of rotatable bonds is 4. The lowest BCUT2D eigenvalue weighted by molar-refractivity contribution is -0.125. The van der Waals surface area contributed by atoms with Crippen molar-refractivity contribution in [1.29, 1.82) is 0 Å². The van der Waals surface area contributed by atoms with E-state index < -0.39 is 36.0 Å². The van der Waals surface area contributed by atoms with Crippen molar-refractivity contribution >= 4 is 34.8 Å². The van der Waals surface area contributed by atoms with E-state index in [1.165, 1.54) is 0 Å². The number of amides is 3. The van der Waals surface area contributed by atoms with Gasteiger partial charge in [-0.15, -0.1) is 0 Å². The van der Waals surface area contributed by atoms with Gasteiger partial charge in [0.1, 0.15) is 18.3 Å². The second-order valence-electron chi connectivity index (χ2n) is 10.6. The number of carbonyl (C=O) groups is 3. The van der Waals surface area contributed by atoms with Gasteiger partial charge in [-0.3, -0.25) is 14.4 Å². The van der Waals surface area contributed by atoms with Gasteiger partial charge in [0.2, 0.25) is 0 Å². The van der Waals surface area contributed by atoms with Crippen LogP contribution in [0.2, 0.25) is 0 Å². The van der Waals surface area contributed by atoms with Crippen LogP contribution in [0.4, 0.5) is 17.1 Å². The molecular formula is C30H29N3O6. The molecule has 39 heavy (non-hydrogen) atoms. The van der Waals surface area contributed by atoms with Crippen LogP contribution < -0.4 is 16.0 Å². The van der Waals surface area contributed by atoms with Crippen molar-refractivity contribution in [2.75, 3.05) is 16.0 Å². The van der Waals surface area contributed by atoms with Crippen molar-refractivity contribution in [2.24, 2.45) is 0 Å². The number of aryl methyl sites for hydroxylation is 1. The molecule has 3 atom stereocenters. The van der Waals surface area contributed by atoms with Crippen LogP contribution >= 0.6 is 0 Å². The van der Waals surface area contributed by atoms with Crippen LogP contribution in [0.15, 0.2) is 42.5 Å². The summed E-state index contributed by atoms with van der Waals surface area (Å²) >= 11 is 0. The predicted octanol–water partition coefficient (Wildman–Crippen LogP) is 1.74. The summed E-state index contributed by atoms with van der Waals surface area (Å²) in [6.45, 7) is 1.95. The first-order valence-electron chi connectivity index (χ1n) is 13.0. The first-order valence-corrected chi connectivity index (χ1v) is 13.0. The summed E-state index contributed by atoms with van der Waals surface area (Å²) in [5.41, 5.74) is 9.19. The highest BCUT2D eigenvalue weighted by Gasteiger charge is 2.31. The van der Waals surface area contributed by atoms with Crippen LogP contribution in [0.25, 0.3) is 0 Å². The van der Waals surface area contributed by atoms with Gasteiger partial charge in [-0.25, -0.2) is 0 Å². The Morgan fingerprint density at radius 2 is 1.10 bits per heavy atom. The number of benzene rings is 3. The Morgan fingerprint density at radius 1 is 0.615 bits per heavy atom. The van der Waals surface area contributed by atoms with Crippen LogP contribution in [-0.4, -0.2) is 51.4 Å². The molecule has 3 aliphatic rings. The zero-order valence-electron chi connectivity index (χ0n) is 21.4. The predicted molar refractivity (Wildman–Crippen MR) is 145 cm³/mol. The fourth-order valence-corrected chi connectivity index (χ4v) is 5.86. The average Bonchev–Trinajstić information content (AvgIpc) is 2.90. The van der Waals surface area contributed by atoms with E-state index in [4.69, 9.17) is 0 Å². The van der Waals surface area contributed by atoms with Crippen LogP contribution in [0.5, 0.6) is 0 Å². The number of fused-ring (bicyclic) bond motifs is 3. The van der Waals surface area contributed by atoms with Crippen molar-refractivity contribution in [3.05, 3.63) is 87.0 Å². The Morgan fingerprint density at radius 3 is 1.77 bits per heavy atom. The normalized spacial score (nSPS) is 21.7. The average molecular weight is 528 g/mol. The third kappa shape index (κ3) is 4.48. The zero-order chi connectivity index (χ0) is 27.4. The Balaban J connectivity index is 1.39. The molecule has 0 spiro atoms. The maximum absolute atomic E-state index is 12.5. The summed E-state index contributed by atoms with van der Waals surface area (Å²) in [6.07, 6.45) is -1.84. The molecule has 0 fully saturated rings. The van der Waals surface area contributed by atoms with Gasteiger partial charge in [0.15, 0.2) is 0 Å². The fraction of sp³-hybridized carbons (Fsp3) is 0.300. The van der Waals surface area contributed by atoms with Gasteiger partial charge in [-0.05, 0) is 70.3 Å². The monoisotopic (exact) mass is 527 g/mol. The summed E-state index contributed by atoms with van der Waals surface area (Å²) in [5.74, 6) is -1.32. The van der Waals surface area contributed by atoms with E-state index in [1.54, 1.807) is 6.07 Å². The molecule has 9 nitrogen and oxygen atoms in total. The first kappa shape index (κ1) is 25.2. The summed E-state index contributed by atoms with van der Waals surface area (Å²) < 4.78 is 0. The van der Waals surface area contributed by atoms with Gasteiger partial charge in [-0.1, -0.05) is 36.4 Å². The van der Waals surface area contributed by atoms with E-state index in [1.807, 2.05) is 43.3 Å². The van der Waals surface area contributed by atoms with E-state index in [2.05, 4.69) is 16.0 Å². The van der Waals surface area contributed by atoms with Crippen LogP contribution in [0.1, 0.15) is 44.5 Å². The van der Waals surface area contributed by atoms with Gasteiger partial charge in [0, 0.05) is 36.3 Å². The Kier molecular flexibility index (Phi) is 6.22. The minimum absolute atomic E-state index is 0.158. The SMILES string of the molecule is Cc1ccc(Cc2ccc(Cc3cccc4c3CC(O)C(=O)N4)c3c2CC(O)C(=O)N3)c2c1CC(O)C(=O)N2. The van der Waals surface area contributed by atoms with Crippen LogP contribution in [-0.2, 0) is 46.5 Å². The quantitative estimate of drug-likeness (QED) is 0.305. The van der Waals surface area contributed by atoms with Crippen molar-refractivity contribution in [3.63, 3.8) is 0 Å². The molecule has 0 radical (unpaired) electrons. The number of aliphatic hydroxyl groups is 3. The molecular weight excluding hydrogens is 498 g/mol. The van der Waals surface area contributed by atoms with Crippen molar-refractivity contribution in [3.8, 4) is 0 Å². The molecule has 3 amide bonds. The molecule has 0 saturated carbocycles. The molecule has 6 N–H and O–H groups in total. The molecule has 0 aromatic heterocycles. The van der Waals surface area contributed by atoms with Crippen LogP contribution in [0.3, 0.4) is 0 Å². The number of carbonyl (C=O) groups excluding carboxylic acids is 3. The van der Waals surface area contributed by atoms with Crippen molar-refractivity contribution in [1.82, 2.24) is 0 Å². The highest BCUT2D eigenvalue weighted by Crippen LogP contribution is 2.37. The van der Waals surface area contributed by atoms with E-state index in [9.17, 15) is 29.7 Å². The van der Waals surface area contributed by atoms with Gasteiger partial charge in [0.05, 0.1) is 0 Å². The molecule has 3 aromatic carbocycles. The maximum Gasteiger partial charge on any atom is 0.253 e. The summed E-state index contributed by atoms with van der Waals surface area (Å²) in [7, 11) is 0. The zero-order valence-corrected chi connectivity index (χ0v) is 21.4. The third-order valence-electron chi connectivity index (χ3n) is 8.02. The lowest BCUT2D eigenvalue weighted by Crippen LogP contribution is -2.36. The topological polar surface area (TPSA) is 148 Å². The van der Waals surface area contributed by atoms with Gasteiger partial charge in [-0.2, -0.15) is 0 Å². The summed E-state index contributed by atoms with van der Waals surface area (Å²) in [6, 6.07) is 13.5. The Labute approximate surface area is 224 Å². The second kappa shape index (κ2) is 9.60. The van der Waals surface area contributed by atoms with E-state index in [0.29, 0.717) is 29.9 Å². The molecule has 0 bridgehead atoms. The minimum atomic E-state index is -1.18. The number of aliphatic hydroxyl groups excluding tert-OH is 3. The second-order valence-corrected chi connectivity index (χ2v) is 10.6. The molecule has 3 unspecified atom stereocenters. The molecule has 200 valence electrons. The smallest absolute Gasteiger partial charge is 0.253 e. The van der Waals surface area contributed by atoms with E-state index in [-0.39, 0.29) is 19.3 Å². The summed E-state index contributed by atoms with van der Waals surface area (Å²) in [4.78, 5) is 36.7. The fourth-order valence-electron chi connectivity index (χ4n) is 5.86. The Bertz CT molecular complexity index is 1550. The van der Waals surface area contributed by atoms with Crippen molar-refractivity contribution in [2.45, 2.75) is 57.3 Å². The molecule has 3 heterocycles. The number of nitrogens with one attached hydrogen (secondary N) is 3. The highest BCUT2D eigenvalue weighted by molar-refractivity contribution is 6.00. The number of hydrogen-bond donors (Lipinski definition) is 6. The number of hydrogen-bond acceptors (Lipinski definition) is 6. The minimum Gasteiger partial charge on any atom is -0.383 e. The Hall–Kier alpha value is -4.05. The molecule has 0 saturated heterocycles. The highest BCUT2D eigenvalue weighted by atomic mass is 16.3. The molecule has 6 rings (SSSR count). The van der Waals surface area contributed by atoms with Crippen molar-refractivity contribution < 1.29 is 29.7 Å². The third-order valence-corrected chi connectivity index (χ3v) is 8.02. The molecule has 3 aromatic rings. The van der Waals surface area contributed by atoms with Crippen LogP contribution in [0, 0.1) is 6.92 Å². The lowest BCUT2D eigenvalue weighted by atomic mass is 9.85. The van der Waals surface area contributed by atoms with Gasteiger partial charge in [0.25, 0.3) is 17.7 Å². The molecule has 0 aliphatic carbocycles. The van der Waals surface area contributed by atoms with E-state index in [0.717, 1.165) is 44.5 Å². The first-order chi connectivity index (χ1) is 18.7. The van der Waals surface area contributed by atoms with Gasteiger partial charge < -0.3 is 31.3 Å². The lowest BCUT2D eigenvalue weighted by Gasteiger charge is -2.29. The summed E-state index contributed by atoms with van der Waals surface area (Å²) in [5, 5.41) is 39.2. The molecule has 9 heteroatoms. The maximum atomic E-state index is 12.5. The largest absolute Gasteiger partial charge is 0.383 e. The number of anilines is 3. The van der Waals surface area contributed by atoms with E-state index >= 15 is 0 Å². The van der Waals surface area contributed by atoms with Gasteiger partial charge >= 0.3 is 0 Å². The molecule has 3 aliphatic heterocycles.